The maximum Gasteiger partial charge on any atom is 0.231 e. The highest BCUT2D eigenvalue weighted by Crippen LogP contribution is 2.34. The number of nitrogens with one attached hydrogen (secondary N) is 1. The summed E-state index contributed by atoms with van der Waals surface area (Å²) in [6.07, 6.45) is 3.38. The van der Waals surface area contributed by atoms with Crippen LogP contribution in [0.2, 0.25) is 0 Å². The van der Waals surface area contributed by atoms with E-state index in [1.807, 2.05) is 29.7 Å². The summed E-state index contributed by atoms with van der Waals surface area (Å²) < 4.78 is 12.5. The van der Waals surface area contributed by atoms with Crippen molar-refractivity contribution in [2.24, 2.45) is 0 Å². The van der Waals surface area contributed by atoms with E-state index in [1.54, 1.807) is 12.4 Å². The van der Waals surface area contributed by atoms with Crippen molar-refractivity contribution in [3.05, 3.63) is 42.7 Å². The SMILES string of the molecule is C=CCn1cnnc1SCC(=O)N[C@H](C)c1ccc2c(c1)OCO2. The van der Waals surface area contributed by atoms with Crippen LogP contribution in [0.25, 0.3) is 0 Å². The van der Waals surface area contributed by atoms with Gasteiger partial charge in [-0.1, -0.05) is 23.9 Å². The molecule has 1 atom stereocenters. The summed E-state index contributed by atoms with van der Waals surface area (Å²) >= 11 is 1.34. The molecule has 1 aliphatic heterocycles. The van der Waals surface area contributed by atoms with Gasteiger partial charge in [-0.2, -0.15) is 0 Å². The highest BCUT2D eigenvalue weighted by atomic mass is 32.2. The number of fused-ring (bicyclic) bond motifs is 1. The van der Waals surface area contributed by atoms with Crippen molar-refractivity contribution in [1.82, 2.24) is 20.1 Å². The number of amides is 1. The largest absolute Gasteiger partial charge is 0.454 e. The Morgan fingerprint density at radius 3 is 3.17 bits per heavy atom. The molecule has 1 aliphatic rings. The van der Waals surface area contributed by atoms with Crippen molar-refractivity contribution >= 4 is 17.7 Å². The molecule has 8 heteroatoms. The Morgan fingerprint density at radius 2 is 2.33 bits per heavy atom. The Kier molecular flexibility index (Phi) is 5.05. The van der Waals surface area contributed by atoms with Crippen LogP contribution in [-0.2, 0) is 11.3 Å². The number of aromatic nitrogens is 3. The van der Waals surface area contributed by atoms with Gasteiger partial charge in [0.25, 0.3) is 0 Å². The first-order chi connectivity index (χ1) is 11.7. The third-order valence-corrected chi connectivity index (χ3v) is 4.49. The molecule has 2 aromatic rings. The van der Waals surface area contributed by atoms with E-state index in [4.69, 9.17) is 9.47 Å². The quantitative estimate of drug-likeness (QED) is 0.611. The van der Waals surface area contributed by atoms with Crippen LogP contribution in [0.4, 0.5) is 0 Å². The van der Waals surface area contributed by atoms with Gasteiger partial charge in [0.2, 0.25) is 12.7 Å². The fraction of sp³-hybridized carbons (Fsp3) is 0.312. The van der Waals surface area contributed by atoms with Crippen LogP contribution in [0.1, 0.15) is 18.5 Å². The Bertz CT molecular complexity index is 747. The van der Waals surface area contributed by atoms with Crippen molar-refractivity contribution in [3.63, 3.8) is 0 Å². The molecule has 0 saturated heterocycles. The van der Waals surface area contributed by atoms with Crippen LogP contribution in [0.15, 0.2) is 42.3 Å². The first kappa shape index (κ1) is 16.4. The number of rotatable bonds is 7. The highest BCUT2D eigenvalue weighted by molar-refractivity contribution is 7.99. The van der Waals surface area contributed by atoms with Gasteiger partial charge in [0.05, 0.1) is 11.8 Å². The van der Waals surface area contributed by atoms with E-state index in [1.165, 1.54) is 11.8 Å². The van der Waals surface area contributed by atoms with Crippen molar-refractivity contribution in [1.29, 1.82) is 0 Å². The molecule has 0 unspecified atom stereocenters. The molecule has 126 valence electrons. The average molecular weight is 346 g/mol. The van der Waals surface area contributed by atoms with E-state index in [2.05, 4.69) is 22.1 Å². The summed E-state index contributed by atoms with van der Waals surface area (Å²) in [4.78, 5) is 12.2. The average Bonchev–Trinajstić information content (AvgIpc) is 3.21. The van der Waals surface area contributed by atoms with Gasteiger partial charge in [-0.25, -0.2) is 0 Å². The monoisotopic (exact) mass is 346 g/mol. The van der Waals surface area contributed by atoms with Crippen LogP contribution in [0.5, 0.6) is 11.5 Å². The molecule has 0 fully saturated rings. The summed E-state index contributed by atoms with van der Waals surface area (Å²) in [5, 5.41) is 11.5. The van der Waals surface area contributed by atoms with E-state index < -0.39 is 0 Å². The fourth-order valence-electron chi connectivity index (χ4n) is 2.30. The second-order valence-corrected chi connectivity index (χ2v) is 6.19. The van der Waals surface area contributed by atoms with Gasteiger partial charge >= 0.3 is 0 Å². The summed E-state index contributed by atoms with van der Waals surface area (Å²) in [5.74, 6) is 1.64. The number of benzene rings is 1. The predicted octanol–water partition coefficient (Wildman–Crippen LogP) is 2.16. The number of allylic oxidation sites excluding steroid dienone is 1. The predicted molar refractivity (Wildman–Crippen MR) is 90.1 cm³/mol. The van der Waals surface area contributed by atoms with Crippen molar-refractivity contribution in [2.45, 2.75) is 24.7 Å². The third-order valence-electron chi connectivity index (χ3n) is 3.51. The second kappa shape index (κ2) is 7.39. The molecule has 0 radical (unpaired) electrons. The number of ether oxygens (including phenoxy) is 2. The number of nitrogens with zero attached hydrogens (tertiary/aromatic N) is 3. The van der Waals surface area contributed by atoms with Crippen molar-refractivity contribution < 1.29 is 14.3 Å². The van der Waals surface area contributed by atoms with Crippen molar-refractivity contribution in [3.8, 4) is 11.5 Å². The van der Waals surface area contributed by atoms with Crippen molar-refractivity contribution in [2.75, 3.05) is 12.5 Å². The maximum atomic E-state index is 12.2. The molecule has 3 rings (SSSR count). The highest BCUT2D eigenvalue weighted by Gasteiger charge is 2.17. The lowest BCUT2D eigenvalue weighted by molar-refractivity contribution is -0.119. The first-order valence-corrected chi connectivity index (χ1v) is 8.46. The molecule has 0 aliphatic carbocycles. The molecule has 24 heavy (non-hydrogen) atoms. The fourth-order valence-corrected chi connectivity index (χ4v) is 3.04. The summed E-state index contributed by atoms with van der Waals surface area (Å²) in [7, 11) is 0. The van der Waals surface area contributed by atoms with Gasteiger partial charge in [0, 0.05) is 6.54 Å². The van der Waals surface area contributed by atoms with Crippen LogP contribution in [-0.4, -0.2) is 33.2 Å². The van der Waals surface area contributed by atoms with Crippen LogP contribution < -0.4 is 14.8 Å². The van der Waals surface area contributed by atoms with Gasteiger partial charge < -0.3 is 19.4 Å². The first-order valence-electron chi connectivity index (χ1n) is 7.48. The molecule has 1 amide bonds. The Balaban J connectivity index is 1.54. The minimum atomic E-state index is -0.126. The number of carbonyl (C=O) groups is 1. The zero-order valence-electron chi connectivity index (χ0n) is 13.3. The normalized spacial score (nSPS) is 13.5. The van der Waals surface area contributed by atoms with Gasteiger partial charge in [0.1, 0.15) is 6.33 Å². The Hall–Kier alpha value is -2.48. The van der Waals surface area contributed by atoms with E-state index in [9.17, 15) is 4.79 Å². The minimum absolute atomic E-state index is 0.0710. The smallest absolute Gasteiger partial charge is 0.231 e. The van der Waals surface area contributed by atoms with Gasteiger partial charge in [-0.3, -0.25) is 4.79 Å². The molecule has 0 saturated carbocycles. The molecule has 7 nitrogen and oxygen atoms in total. The maximum absolute atomic E-state index is 12.2. The zero-order chi connectivity index (χ0) is 16.9. The third kappa shape index (κ3) is 3.70. The summed E-state index contributed by atoms with van der Waals surface area (Å²) in [6, 6.07) is 5.54. The number of carbonyl (C=O) groups excluding carboxylic acids is 1. The van der Waals surface area contributed by atoms with E-state index >= 15 is 0 Å². The number of thioether (sulfide) groups is 1. The molecule has 0 spiro atoms. The molecule has 0 bridgehead atoms. The molecule has 2 heterocycles. The van der Waals surface area contributed by atoms with Gasteiger partial charge in [0.15, 0.2) is 16.7 Å². The second-order valence-electron chi connectivity index (χ2n) is 5.25. The Morgan fingerprint density at radius 1 is 1.50 bits per heavy atom. The molecular weight excluding hydrogens is 328 g/mol. The lowest BCUT2D eigenvalue weighted by atomic mass is 10.1. The number of hydrogen-bond acceptors (Lipinski definition) is 6. The van der Waals surface area contributed by atoms with Crippen LogP contribution in [0.3, 0.4) is 0 Å². The summed E-state index contributed by atoms with van der Waals surface area (Å²) in [6.45, 7) is 6.47. The van der Waals surface area contributed by atoms with E-state index in [0.717, 1.165) is 11.3 Å². The molecule has 1 aromatic heterocycles. The summed E-state index contributed by atoms with van der Waals surface area (Å²) in [5.41, 5.74) is 0.965. The van der Waals surface area contributed by atoms with Gasteiger partial charge in [-0.05, 0) is 24.6 Å². The number of hydrogen-bond donors (Lipinski definition) is 1. The molecular formula is C16H18N4O3S. The van der Waals surface area contributed by atoms with Crippen LogP contribution in [0, 0.1) is 0 Å². The van der Waals surface area contributed by atoms with E-state index in [0.29, 0.717) is 17.5 Å². The topological polar surface area (TPSA) is 78.3 Å². The molecule has 1 N–H and O–H groups in total. The molecule has 1 aromatic carbocycles. The lowest BCUT2D eigenvalue weighted by Crippen LogP contribution is -2.28. The lowest BCUT2D eigenvalue weighted by Gasteiger charge is -2.14. The standard InChI is InChI=1S/C16H18N4O3S/c1-3-6-20-9-17-19-16(20)24-8-15(21)18-11(2)12-4-5-13-14(7-12)23-10-22-13/h3-5,7,9,11H,1,6,8,10H2,2H3,(H,18,21)/t11-/m1/s1. The van der Waals surface area contributed by atoms with Gasteiger partial charge in [-0.15, -0.1) is 16.8 Å². The van der Waals surface area contributed by atoms with Crippen LogP contribution >= 0.6 is 11.8 Å². The zero-order valence-corrected chi connectivity index (χ0v) is 14.1. The van der Waals surface area contributed by atoms with E-state index in [-0.39, 0.29) is 24.5 Å². The Labute approximate surface area is 144 Å². The minimum Gasteiger partial charge on any atom is -0.454 e.